The van der Waals surface area contributed by atoms with Crippen molar-refractivity contribution >= 4 is 22.2 Å². The summed E-state index contributed by atoms with van der Waals surface area (Å²) in [7, 11) is 0. The number of hydrogen-bond acceptors (Lipinski definition) is 4. The zero-order chi connectivity index (χ0) is 18.4. The molecular weight excluding hydrogens is 349 g/mol. The summed E-state index contributed by atoms with van der Waals surface area (Å²) >= 11 is 1.48. The SMILES string of the molecule is Cc1cc(-c2nc(C(C)C)cs2)nc2c(C)c(OC(F)(F)F)ccc12. The van der Waals surface area contributed by atoms with E-state index in [2.05, 4.69) is 28.6 Å². The Kier molecular flexibility index (Phi) is 4.45. The van der Waals surface area contributed by atoms with Crippen molar-refractivity contribution in [1.82, 2.24) is 9.97 Å². The summed E-state index contributed by atoms with van der Waals surface area (Å²) in [6.07, 6.45) is -4.73. The fourth-order valence-corrected chi connectivity index (χ4v) is 3.53. The van der Waals surface area contributed by atoms with E-state index in [1.54, 1.807) is 13.0 Å². The van der Waals surface area contributed by atoms with Gasteiger partial charge < -0.3 is 4.74 Å². The normalized spacial score (nSPS) is 12.2. The molecule has 3 nitrogen and oxygen atoms in total. The van der Waals surface area contributed by atoms with Crippen molar-refractivity contribution in [3.05, 3.63) is 40.4 Å². The molecule has 0 bridgehead atoms. The van der Waals surface area contributed by atoms with E-state index in [1.807, 2.05) is 18.4 Å². The Morgan fingerprint density at radius 3 is 2.44 bits per heavy atom. The van der Waals surface area contributed by atoms with Gasteiger partial charge in [0.1, 0.15) is 10.8 Å². The molecule has 2 heterocycles. The molecule has 0 saturated heterocycles. The molecule has 132 valence electrons. The predicted octanol–water partition coefficient (Wildman–Crippen LogP) is 6.00. The molecule has 0 atom stereocenters. The average Bonchev–Trinajstić information content (AvgIpc) is 2.99. The number of nitrogens with zero attached hydrogens (tertiary/aromatic N) is 2. The first kappa shape index (κ1) is 17.7. The van der Waals surface area contributed by atoms with Crippen LogP contribution in [0.1, 0.15) is 36.6 Å². The lowest BCUT2D eigenvalue weighted by molar-refractivity contribution is -0.274. The van der Waals surface area contributed by atoms with Crippen LogP contribution in [0.15, 0.2) is 23.6 Å². The number of alkyl halides is 3. The number of aromatic nitrogens is 2. The summed E-state index contributed by atoms with van der Waals surface area (Å²) in [6, 6.07) is 4.85. The van der Waals surface area contributed by atoms with Gasteiger partial charge in [-0.3, -0.25) is 0 Å². The van der Waals surface area contributed by atoms with Crippen molar-refractivity contribution in [2.24, 2.45) is 0 Å². The number of aryl methyl sites for hydroxylation is 2. The molecule has 0 radical (unpaired) electrons. The van der Waals surface area contributed by atoms with Crippen LogP contribution in [0.5, 0.6) is 5.75 Å². The van der Waals surface area contributed by atoms with Crippen LogP contribution in [0.25, 0.3) is 21.6 Å². The fourth-order valence-electron chi connectivity index (χ4n) is 2.59. The van der Waals surface area contributed by atoms with Gasteiger partial charge in [-0.25, -0.2) is 9.97 Å². The largest absolute Gasteiger partial charge is 0.573 e. The van der Waals surface area contributed by atoms with Gasteiger partial charge in [0.15, 0.2) is 0 Å². The lowest BCUT2D eigenvalue weighted by Gasteiger charge is -2.14. The monoisotopic (exact) mass is 366 g/mol. The Balaban J connectivity index is 2.14. The number of fused-ring (bicyclic) bond motifs is 1. The number of rotatable bonds is 3. The quantitative estimate of drug-likeness (QED) is 0.570. The maximum Gasteiger partial charge on any atom is 0.573 e. The standard InChI is InChI=1S/C18H17F3N2OS/c1-9(2)14-8-25-17(23-14)13-7-10(3)12-5-6-15(24-18(19,20)21)11(4)16(12)22-13/h5-9H,1-4H3. The van der Waals surface area contributed by atoms with E-state index in [1.165, 1.54) is 17.4 Å². The Morgan fingerprint density at radius 1 is 1.12 bits per heavy atom. The smallest absolute Gasteiger partial charge is 0.405 e. The summed E-state index contributed by atoms with van der Waals surface area (Å²) in [5.41, 5.74) is 3.43. The van der Waals surface area contributed by atoms with Crippen molar-refractivity contribution in [1.29, 1.82) is 0 Å². The van der Waals surface area contributed by atoms with Crippen LogP contribution in [0, 0.1) is 13.8 Å². The molecule has 0 saturated carbocycles. The van der Waals surface area contributed by atoms with Crippen LogP contribution in [0.4, 0.5) is 13.2 Å². The number of thiazole rings is 1. The van der Waals surface area contributed by atoms with E-state index in [9.17, 15) is 13.2 Å². The highest BCUT2D eigenvalue weighted by atomic mass is 32.1. The van der Waals surface area contributed by atoms with Gasteiger partial charge in [0.05, 0.1) is 16.9 Å². The molecule has 0 unspecified atom stereocenters. The van der Waals surface area contributed by atoms with Crippen molar-refractivity contribution < 1.29 is 17.9 Å². The van der Waals surface area contributed by atoms with Crippen LogP contribution in [-0.2, 0) is 0 Å². The van der Waals surface area contributed by atoms with Crippen molar-refractivity contribution in [3.8, 4) is 16.5 Å². The molecule has 2 aromatic heterocycles. The Hall–Kier alpha value is -2.15. The third-order valence-corrected chi connectivity index (χ3v) is 4.83. The summed E-state index contributed by atoms with van der Waals surface area (Å²) in [4.78, 5) is 9.15. The lowest BCUT2D eigenvalue weighted by atomic mass is 10.0. The second kappa shape index (κ2) is 6.29. The maximum atomic E-state index is 12.6. The lowest BCUT2D eigenvalue weighted by Crippen LogP contribution is -2.17. The molecule has 0 spiro atoms. The van der Waals surface area contributed by atoms with E-state index in [4.69, 9.17) is 0 Å². The molecule has 3 rings (SSSR count). The van der Waals surface area contributed by atoms with E-state index < -0.39 is 6.36 Å². The number of benzene rings is 1. The minimum atomic E-state index is -4.73. The second-order valence-electron chi connectivity index (χ2n) is 6.19. The highest BCUT2D eigenvalue weighted by molar-refractivity contribution is 7.13. The van der Waals surface area contributed by atoms with E-state index >= 15 is 0 Å². The molecule has 0 aliphatic rings. The number of halogens is 3. The molecule has 0 aliphatic heterocycles. The second-order valence-corrected chi connectivity index (χ2v) is 7.05. The van der Waals surface area contributed by atoms with Crippen LogP contribution >= 0.6 is 11.3 Å². The van der Waals surface area contributed by atoms with Crippen molar-refractivity contribution in [2.75, 3.05) is 0 Å². The fraction of sp³-hybridized carbons (Fsp3) is 0.333. The maximum absolute atomic E-state index is 12.6. The highest BCUT2D eigenvalue weighted by Crippen LogP contribution is 2.34. The molecule has 0 N–H and O–H groups in total. The summed E-state index contributed by atoms with van der Waals surface area (Å²) in [6.45, 7) is 7.61. The zero-order valence-electron chi connectivity index (χ0n) is 14.2. The van der Waals surface area contributed by atoms with Crippen molar-refractivity contribution in [3.63, 3.8) is 0 Å². The molecule has 3 aromatic rings. The number of ether oxygens (including phenoxy) is 1. The van der Waals surface area contributed by atoms with Crippen LogP contribution in [-0.4, -0.2) is 16.3 Å². The first-order chi connectivity index (χ1) is 11.7. The third kappa shape index (κ3) is 3.61. The Morgan fingerprint density at radius 2 is 1.84 bits per heavy atom. The Labute approximate surface area is 147 Å². The van der Waals surface area contributed by atoms with Gasteiger partial charge in [-0.1, -0.05) is 13.8 Å². The molecular formula is C18H17F3N2OS. The minimum Gasteiger partial charge on any atom is -0.405 e. The molecule has 0 amide bonds. The summed E-state index contributed by atoms with van der Waals surface area (Å²) in [5.74, 6) is 0.0751. The van der Waals surface area contributed by atoms with E-state index in [0.717, 1.165) is 21.7 Å². The van der Waals surface area contributed by atoms with Gasteiger partial charge in [0.2, 0.25) is 0 Å². The predicted molar refractivity (Wildman–Crippen MR) is 93.1 cm³/mol. The van der Waals surface area contributed by atoms with Crippen LogP contribution in [0.3, 0.4) is 0 Å². The summed E-state index contributed by atoms with van der Waals surface area (Å²) < 4.78 is 41.8. The number of pyridine rings is 1. The molecule has 0 aliphatic carbocycles. The van der Waals surface area contributed by atoms with Crippen molar-refractivity contribution in [2.45, 2.75) is 40.0 Å². The zero-order valence-corrected chi connectivity index (χ0v) is 15.0. The first-order valence-corrected chi connectivity index (χ1v) is 8.66. The average molecular weight is 366 g/mol. The first-order valence-electron chi connectivity index (χ1n) is 7.78. The molecule has 25 heavy (non-hydrogen) atoms. The topological polar surface area (TPSA) is 35.0 Å². The van der Waals surface area contributed by atoms with Gasteiger partial charge in [-0.15, -0.1) is 24.5 Å². The van der Waals surface area contributed by atoms with Gasteiger partial charge in [0, 0.05) is 16.3 Å². The van der Waals surface area contributed by atoms with Crippen LogP contribution < -0.4 is 4.74 Å². The minimum absolute atomic E-state index is 0.231. The summed E-state index contributed by atoms with van der Waals surface area (Å²) in [5, 5.41) is 3.55. The van der Waals surface area contributed by atoms with Gasteiger partial charge in [-0.2, -0.15) is 0 Å². The third-order valence-electron chi connectivity index (χ3n) is 3.95. The van der Waals surface area contributed by atoms with E-state index in [-0.39, 0.29) is 5.75 Å². The molecule has 1 aromatic carbocycles. The van der Waals surface area contributed by atoms with Crippen LogP contribution in [0.2, 0.25) is 0 Å². The highest BCUT2D eigenvalue weighted by Gasteiger charge is 2.32. The molecule has 0 fully saturated rings. The Bertz CT molecular complexity index is 932. The number of hydrogen-bond donors (Lipinski definition) is 0. The van der Waals surface area contributed by atoms with E-state index in [0.29, 0.717) is 22.7 Å². The van der Waals surface area contributed by atoms with Gasteiger partial charge in [0.25, 0.3) is 0 Å². The van der Waals surface area contributed by atoms with Gasteiger partial charge in [-0.05, 0) is 43.5 Å². The van der Waals surface area contributed by atoms with Gasteiger partial charge >= 0.3 is 6.36 Å². The molecule has 7 heteroatoms.